The molecule has 0 aliphatic rings. The van der Waals surface area contributed by atoms with Gasteiger partial charge in [-0.25, -0.2) is 9.97 Å². The van der Waals surface area contributed by atoms with Crippen LogP contribution in [0.3, 0.4) is 0 Å². The van der Waals surface area contributed by atoms with Gasteiger partial charge >= 0.3 is 0 Å². The maximum absolute atomic E-state index is 4.94. The summed E-state index contributed by atoms with van der Waals surface area (Å²) in [4.78, 5) is 7.88. The lowest BCUT2D eigenvalue weighted by molar-refractivity contribution is 0.210. The standard InChI is InChI=1S/C8H13N3O2/c1-12-4-3-9-7-5-8(13-2)11-6-10-7/h5-6H,3-4H2,1-2H3,(H,9,10,11). The van der Waals surface area contributed by atoms with E-state index in [0.29, 0.717) is 12.5 Å². The molecule has 0 spiro atoms. The Bertz CT molecular complexity index is 255. The number of nitrogens with zero attached hydrogens (tertiary/aromatic N) is 2. The fraction of sp³-hybridized carbons (Fsp3) is 0.500. The Morgan fingerprint density at radius 1 is 1.38 bits per heavy atom. The molecule has 0 unspecified atom stereocenters. The highest BCUT2D eigenvalue weighted by molar-refractivity contribution is 5.36. The van der Waals surface area contributed by atoms with E-state index in [-0.39, 0.29) is 0 Å². The second-order valence-electron chi connectivity index (χ2n) is 2.37. The second kappa shape index (κ2) is 5.31. The maximum atomic E-state index is 4.94. The third-order valence-electron chi connectivity index (χ3n) is 1.46. The zero-order chi connectivity index (χ0) is 9.52. The van der Waals surface area contributed by atoms with E-state index in [4.69, 9.17) is 9.47 Å². The minimum Gasteiger partial charge on any atom is -0.481 e. The minimum atomic E-state index is 0.551. The van der Waals surface area contributed by atoms with Crippen molar-refractivity contribution in [2.45, 2.75) is 0 Å². The molecule has 5 heteroatoms. The summed E-state index contributed by atoms with van der Waals surface area (Å²) >= 11 is 0. The molecule has 13 heavy (non-hydrogen) atoms. The lowest BCUT2D eigenvalue weighted by atomic mass is 10.5. The zero-order valence-corrected chi connectivity index (χ0v) is 7.78. The van der Waals surface area contributed by atoms with E-state index < -0.39 is 0 Å². The molecule has 0 radical (unpaired) electrons. The van der Waals surface area contributed by atoms with E-state index in [1.165, 1.54) is 6.33 Å². The summed E-state index contributed by atoms with van der Waals surface area (Å²) in [6, 6.07) is 1.73. The summed E-state index contributed by atoms with van der Waals surface area (Å²) < 4.78 is 9.82. The van der Waals surface area contributed by atoms with Gasteiger partial charge in [0.25, 0.3) is 0 Å². The molecule has 1 aromatic rings. The van der Waals surface area contributed by atoms with E-state index >= 15 is 0 Å². The van der Waals surface area contributed by atoms with Crippen molar-refractivity contribution < 1.29 is 9.47 Å². The molecule has 72 valence electrons. The molecule has 1 heterocycles. The average Bonchev–Trinajstić information content (AvgIpc) is 2.19. The van der Waals surface area contributed by atoms with Crippen molar-refractivity contribution in [1.29, 1.82) is 0 Å². The first-order valence-corrected chi connectivity index (χ1v) is 3.95. The van der Waals surface area contributed by atoms with Crippen molar-refractivity contribution in [2.75, 3.05) is 32.7 Å². The van der Waals surface area contributed by atoms with Crippen LogP contribution < -0.4 is 10.1 Å². The highest BCUT2D eigenvalue weighted by Gasteiger charge is 1.96. The van der Waals surface area contributed by atoms with Crippen LogP contribution in [0.5, 0.6) is 5.88 Å². The van der Waals surface area contributed by atoms with Crippen molar-refractivity contribution in [1.82, 2.24) is 9.97 Å². The highest BCUT2D eigenvalue weighted by Crippen LogP contribution is 2.09. The molecule has 5 nitrogen and oxygen atoms in total. The van der Waals surface area contributed by atoms with Crippen molar-refractivity contribution in [3.63, 3.8) is 0 Å². The molecule has 0 atom stereocenters. The van der Waals surface area contributed by atoms with Crippen LogP contribution in [-0.2, 0) is 4.74 Å². The number of nitrogens with one attached hydrogen (secondary N) is 1. The molecule has 1 N–H and O–H groups in total. The van der Waals surface area contributed by atoms with Gasteiger partial charge in [0.05, 0.1) is 13.7 Å². The van der Waals surface area contributed by atoms with Gasteiger partial charge in [-0.2, -0.15) is 0 Å². The van der Waals surface area contributed by atoms with Crippen LogP contribution in [0.15, 0.2) is 12.4 Å². The first-order chi connectivity index (χ1) is 6.36. The molecule has 0 aromatic carbocycles. The Morgan fingerprint density at radius 2 is 2.23 bits per heavy atom. The predicted molar refractivity (Wildman–Crippen MR) is 48.9 cm³/mol. The SMILES string of the molecule is COCCNc1cc(OC)ncn1. The van der Waals surface area contributed by atoms with Gasteiger partial charge in [-0.15, -0.1) is 0 Å². The Balaban J connectivity index is 2.46. The summed E-state index contributed by atoms with van der Waals surface area (Å²) in [5.41, 5.74) is 0. The minimum absolute atomic E-state index is 0.551. The maximum Gasteiger partial charge on any atom is 0.218 e. The first kappa shape index (κ1) is 9.73. The quantitative estimate of drug-likeness (QED) is 0.675. The van der Waals surface area contributed by atoms with E-state index in [9.17, 15) is 0 Å². The van der Waals surface area contributed by atoms with Crippen LogP contribution in [0.25, 0.3) is 0 Å². The number of ether oxygens (including phenoxy) is 2. The summed E-state index contributed by atoms with van der Waals surface area (Å²) in [6.45, 7) is 1.36. The van der Waals surface area contributed by atoms with Crippen LogP contribution in [0.4, 0.5) is 5.82 Å². The molecule has 1 aromatic heterocycles. The van der Waals surface area contributed by atoms with Crippen molar-refractivity contribution in [2.24, 2.45) is 0 Å². The van der Waals surface area contributed by atoms with Gasteiger partial charge in [0.2, 0.25) is 5.88 Å². The first-order valence-electron chi connectivity index (χ1n) is 3.95. The van der Waals surface area contributed by atoms with Crippen LogP contribution in [0, 0.1) is 0 Å². The normalized spacial score (nSPS) is 9.69. The Labute approximate surface area is 77.1 Å². The molecule has 0 fully saturated rings. The van der Waals surface area contributed by atoms with Crippen LogP contribution in [0.1, 0.15) is 0 Å². The average molecular weight is 183 g/mol. The molecule has 0 aliphatic heterocycles. The van der Waals surface area contributed by atoms with Gasteiger partial charge in [-0.3, -0.25) is 0 Å². The topological polar surface area (TPSA) is 56.3 Å². The summed E-state index contributed by atoms with van der Waals surface area (Å²) in [5, 5.41) is 3.06. The van der Waals surface area contributed by atoms with Crippen LogP contribution >= 0.6 is 0 Å². The number of anilines is 1. The zero-order valence-electron chi connectivity index (χ0n) is 7.78. The van der Waals surface area contributed by atoms with Gasteiger partial charge in [0.15, 0.2) is 0 Å². The number of methoxy groups -OCH3 is 2. The van der Waals surface area contributed by atoms with Gasteiger partial charge in [-0.1, -0.05) is 0 Å². The summed E-state index contributed by atoms with van der Waals surface area (Å²) in [7, 11) is 3.23. The lowest BCUT2D eigenvalue weighted by Gasteiger charge is -2.04. The summed E-state index contributed by atoms with van der Waals surface area (Å²) in [6.07, 6.45) is 1.45. The number of aromatic nitrogens is 2. The van der Waals surface area contributed by atoms with Gasteiger partial charge in [-0.05, 0) is 0 Å². The molecular weight excluding hydrogens is 170 g/mol. The number of hydrogen-bond donors (Lipinski definition) is 1. The third-order valence-corrected chi connectivity index (χ3v) is 1.46. The van der Waals surface area contributed by atoms with Gasteiger partial charge in [0.1, 0.15) is 12.1 Å². The van der Waals surface area contributed by atoms with Gasteiger partial charge < -0.3 is 14.8 Å². The Morgan fingerprint density at radius 3 is 2.92 bits per heavy atom. The van der Waals surface area contributed by atoms with Crippen molar-refractivity contribution in [3.8, 4) is 5.88 Å². The fourth-order valence-corrected chi connectivity index (χ4v) is 0.829. The van der Waals surface area contributed by atoms with Crippen LogP contribution in [0.2, 0.25) is 0 Å². The highest BCUT2D eigenvalue weighted by atomic mass is 16.5. The number of rotatable bonds is 5. The largest absolute Gasteiger partial charge is 0.481 e. The van der Waals surface area contributed by atoms with E-state index in [1.807, 2.05) is 0 Å². The van der Waals surface area contributed by atoms with E-state index in [2.05, 4.69) is 15.3 Å². The molecule has 0 aliphatic carbocycles. The monoisotopic (exact) mass is 183 g/mol. The van der Waals surface area contributed by atoms with E-state index in [1.54, 1.807) is 20.3 Å². The molecular formula is C8H13N3O2. The van der Waals surface area contributed by atoms with E-state index in [0.717, 1.165) is 12.4 Å². The number of hydrogen-bond acceptors (Lipinski definition) is 5. The Kier molecular flexibility index (Phi) is 3.98. The van der Waals surface area contributed by atoms with Gasteiger partial charge in [0, 0.05) is 19.7 Å². The van der Waals surface area contributed by atoms with Crippen molar-refractivity contribution >= 4 is 5.82 Å². The fourth-order valence-electron chi connectivity index (χ4n) is 0.829. The molecule has 0 saturated heterocycles. The molecule has 0 bridgehead atoms. The molecule has 0 amide bonds. The van der Waals surface area contributed by atoms with Crippen LogP contribution in [-0.4, -0.2) is 37.3 Å². The summed E-state index contributed by atoms with van der Waals surface area (Å²) in [5.74, 6) is 1.29. The molecule has 0 saturated carbocycles. The molecule has 1 rings (SSSR count). The predicted octanol–water partition coefficient (Wildman–Crippen LogP) is 0.543. The lowest BCUT2D eigenvalue weighted by Crippen LogP contribution is -2.08. The Hall–Kier alpha value is -1.36. The van der Waals surface area contributed by atoms with Crippen molar-refractivity contribution in [3.05, 3.63) is 12.4 Å². The second-order valence-corrected chi connectivity index (χ2v) is 2.37. The third kappa shape index (κ3) is 3.25. The smallest absolute Gasteiger partial charge is 0.218 e.